The first-order valence-electron chi connectivity index (χ1n) is 7.68. The summed E-state index contributed by atoms with van der Waals surface area (Å²) in [5, 5.41) is 16.0. The van der Waals surface area contributed by atoms with Crippen LogP contribution in [0.15, 0.2) is 48.2 Å². The van der Waals surface area contributed by atoms with Gasteiger partial charge in [-0.2, -0.15) is 5.26 Å². The second-order valence-corrected chi connectivity index (χ2v) is 6.20. The van der Waals surface area contributed by atoms with Gasteiger partial charge in [0.05, 0.1) is 12.8 Å². The van der Waals surface area contributed by atoms with E-state index in [1.54, 1.807) is 30.3 Å². The number of carbonyl (C=O) groups excluding carboxylic acids is 1. The van der Waals surface area contributed by atoms with E-state index in [0.717, 1.165) is 11.1 Å². The number of hydrogen-bond acceptors (Lipinski definition) is 4. The number of aryl methyl sites for hydroxylation is 1. The van der Waals surface area contributed by atoms with E-state index >= 15 is 0 Å². The molecule has 2 rings (SSSR count). The van der Waals surface area contributed by atoms with E-state index in [2.05, 4.69) is 10.6 Å². The molecule has 0 heterocycles. The highest BCUT2D eigenvalue weighted by atomic mass is 35.5. The van der Waals surface area contributed by atoms with Gasteiger partial charge in [-0.25, -0.2) is 0 Å². The van der Waals surface area contributed by atoms with Crippen molar-refractivity contribution in [3.05, 3.63) is 69.3 Å². The molecule has 0 aliphatic rings. The molecule has 0 aliphatic heterocycles. The molecule has 0 bridgehead atoms. The highest BCUT2D eigenvalue weighted by Gasteiger charge is 2.11. The predicted molar refractivity (Wildman–Crippen MR) is 103 cm³/mol. The lowest BCUT2D eigenvalue weighted by Crippen LogP contribution is -2.24. The van der Waals surface area contributed by atoms with E-state index in [1.807, 2.05) is 19.1 Å². The molecule has 7 heteroatoms. The van der Waals surface area contributed by atoms with Crippen LogP contribution in [0.25, 0.3) is 0 Å². The maximum atomic E-state index is 12.2. The SMILES string of the molecule is COc1cc(Cl)c(C)cc1N/C=C(/C#N)C(=O)NCc1ccccc1Cl. The van der Waals surface area contributed by atoms with Gasteiger partial charge in [0.15, 0.2) is 0 Å². The van der Waals surface area contributed by atoms with Crippen molar-refractivity contribution >= 4 is 34.8 Å². The largest absolute Gasteiger partial charge is 0.495 e. The van der Waals surface area contributed by atoms with E-state index < -0.39 is 5.91 Å². The molecule has 0 radical (unpaired) electrons. The molecule has 2 aromatic rings. The quantitative estimate of drug-likeness (QED) is 0.565. The standard InChI is InChI=1S/C19H17Cl2N3O2/c1-12-7-17(18(26-2)8-16(12)21)23-11-14(9-22)19(25)24-10-13-5-3-4-6-15(13)20/h3-8,11,23H,10H2,1-2H3,(H,24,25)/b14-11-. The van der Waals surface area contributed by atoms with E-state index in [1.165, 1.54) is 13.3 Å². The third-order valence-corrected chi connectivity index (χ3v) is 4.39. The van der Waals surface area contributed by atoms with Crippen LogP contribution in [0.4, 0.5) is 5.69 Å². The molecule has 0 atom stereocenters. The number of nitriles is 1. The van der Waals surface area contributed by atoms with Gasteiger partial charge in [-0.15, -0.1) is 0 Å². The lowest BCUT2D eigenvalue weighted by atomic mass is 10.2. The monoisotopic (exact) mass is 389 g/mol. The number of halogens is 2. The molecular formula is C19H17Cl2N3O2. The Kier molecular flexibility index (Phi) is 6.90. The second kappa shape index (κ2) is 9.14. The lowest BCUT2D eigenvalue weighted by molar-refractivity contribution is -0.117. The fourth-order valence-corrected chi connectivity index (χ4v) is 2.51. The van der Waals surface area contributed by atoms with Crippen molar-refractivity contribution in [2.45, 2.75) is 13.5 Å². The van der Waals surface area contributed by atoms with Crippen molar-refractivity contribution in [1.82, 2.24) is 5.32 Å². The normalized spacial score (nSPS) is 10.8. The molecule has 0 aliphatic carbocycles. The van der Waals surface area contributed by atoms with Crippen molar-refractivity contribution in [2.75, 3.05) is 12.4 Å². The molecule has 0 saturated carbocycles. The van der Waals surface area contributed by atoms with E-state index in [9.17, 15) is 10.1 Å². The zero-order valence-corrected chi connectivity index (χ0v) is 15.8. The first kappa shape index (κ1) is 19.6. The van der Waals surface area contributed by atoms with Gasteiger partial charge in [-0.3, -0.25) is 4.79 Å². The topological polar surface area (TPSA) is 74.1 Å². The molecule has 5 nitrogen and oxygen atoms in total. The number of methoxy groups -OCH3 is 1. The number of benzene rings is 2. The van der Waals surface area contributed by atoms with Crippen LogP contribution in [0.3, 0.4) is 0 Å². The van der Waals surface area contributed by atoms with Gasteiger partial charge >= 0.3 is 0 Å². The smallest absolute Gasteiger partial charge is 0.263 e. The van der Waals surface area contributed by atoms with Gasteiger partial charge in [-0.1, -0.05) is 41.4 Å². The minimum Gasteiger partial charge on any atom is -0.495 e. The maximum absolute atomic E-state index is 12.2. The van der Waals surface area contributed by atoms with Gasteiger partial charge in [-0.05, 0) is 30.2 Å². The Morgan fingerprint density at radius 3 is 2.65 bits per heavy atom. The fourth-order valence-electron chi connectivity index (χ4n) is 2.16. The molecular weight excluding hydrogens is 373 g/mol. The summed E-state index contributed by atoms with van der Waals surface area (Å²) in [6.07, 6.45) is 1.33. The fraction of sp³-hybridized carbons (Fsp3) is 0.158. The summed E-state index contributed by atoms with van der Waals surface area (Å²) >= 11 is 12.1. The molecule has 2 aromatic carbocycles. The Bertz CT molecular complexity index is 889. The lowest BCUT2D eigenvalue weighted by Gasteiger charge is -2.11. The number of rotatable bonds is 6. The number of amides is 1. The Morgan fingerprint density at radius 2 is 2.00 bits per heavy atom. The van der Waals surface area contributed by atoms with Crippen molar-refractivity contribution in [2.24, 2.45) is 0 Å². The van der Waals surface area contributed by atoms with Gasteiger partial charge in [0.1, 0.15) is 17.4 Å². The maximum Gasteiger partial charge on any atom is 0.263 e. The molecule has 0 unspecified atom stereocenters. The second-order valence-electron chi connectivity index (χ2n) is 5.39. The molecule has 26 heavy (non-hydrogen) atoms. The van der Waals surface area contributed by atoms with Crippen LogP contribution in [0, 0.1) is 18.3 Å². The molecule has 0 spiro atoms. The number of hydrogen-bond donors (Lipinski definition) is 2. The van der Waals surface area contributed by atoms with Crippen molar-refractivity contribution in [1.29, 1.82) is 5.26 Å². The number of anilines is 1. The molecule has 2 N–H and O–H groups in total. The Morgan fingerprint density at radius 1 is 1.27 bits per heavy atom. The highest BCUT2D eigenvalue weighted by Crippen LogP contribution is 2.31. The van der Waals surface area contributed by atoms with E-state index in [0.29, 0.717) is 21.5 Å². The summed E-state index contributed by atoms with van der Waals surface area (Å²) in [6, 6.07) is 12.5. The van der Waals surface area contributed by atoms with Crippen LogP contribution >= 0.6 is 23.2 Å². The van der Waals surface area contributed by atoms with Crippen LogP contribution < -0.4 is 15.4 Å². The van der Waals surface area contributed by atoms with Gasteiger partial charge in [0.2, 0.25) is 0 Å². The van der Waals surface area contributed by atoms with Gasteiger partial charge < -0.3 is 15.4 Å². The van der Waals surface area contributed by atoms with Crippen molar-refractivity contribution in [3.63, 3.8) is 0 Å². The molecule has 0 aromatic heterocycles. The van der Waals surface area contributed by atoms with Gasteiger partial charge in [0, 0.05) is 28.9 Å². The molecule has 0 saturated heterocycles. The Balaban J connectivity index is 2.10. The average molecular weight is 390 g/mol. The van der Waals surface area contributed by atoms with Crippen LogP contribution in [0.2, 0.25) is 10.0 Å². The summed E-state index contributed by atoms with van der Waals surface area (Å²) < 4.78 is 5.25. The van der Waals surface area contributed by atoms with Crippen LogP contribution in [0.5, 0.6) is 5.75 Å². The van der Waals surface area contributed by atoms with Crippen molar-refractivity contribution < 1.29 is 9.53 Å². The summed E-state index contributed by atoms with van der Waals surface area (Å²) in [4.78, 5) is 12.2. The average Bonchev–Trinajstić information content (AvgIpc) is 2.64. The Hall–Kier alpha value is -2.68. The van der Waals surface area contributed by atoms with E-state index in [4.69, 9.17) is 27.9 Å². The van der Waals surface area contributed by atoms with Crippen LogP contribution in [0.1, 0.15) is 11.1 Å². The zero-order chi connectivity index (χ0) is 19.1. The molecule has 0 fully saturated rings. The van der Waals surface area contributed by atoms with Crippen LogP contribution in [-0.2, 0) is 11.3 Å². The third-order valence-electron chi connectivity index (χ3n) is 3.62. The predicted octanol–water partition coefficient (Wildman–Crippen LogP) is 4.45. The third kappa shape index (κ3) is 4.92. The number of ether oxygens (including phenoxy) is 1. The van der Waals surface area contributed by atoms with Crippen molar-refractivity contribution in [3.8, 4) is 11.8 Å². The first-order chi connectivity index (χ1) is 12.5. The van der Waals surface area contributed by atoms with E-state index in [-0.39, 0.29) is 12.1 Å². The number of carbonyl (C=O) groups is 1. The number of nitrogens with one attached hydrogen (secondary N) is 2. The first-order valence-corrected chi connectivity index (χ1v) is 8.44. The number of nitrogens with zero attached hydrogens (tertiary/aromatic N) is 1. The zero-order valence-electron chi connectivity index (χ0n) is 14.3. The minimum absolute atomic E-state index is 0.0771. The van der Waals surface area contributed by atoms with Crippen LogP contribution in [-0.4, -0.2) is 13.0 Å². The summed E-state index contributed by atoms with van der Waals surface area (Å²) in [6.45, 7) is 2.07. The summed E-state index contributed by atoms with van der Waals surface area (Å²) in [7, 11) is 1.51. The molecule has 134 valence electrons. The minimum atomic E-state index is -0.510. The Labute approximate surface area is 162 Å². The summed E-state index contributed by atoms with van der Waals surface area (Å²) in [5.41, 5.74) is 2.13. The molecule has 1 amide bonds. The van der Waals surface area contributed by atoms with Gasteiger partial charge in [0.25, 0.3) is 5.91 Å². The highest BCUT2D eigenvalue weighted by molar-refractivity contribution is 6.31. The summed E-state index contributed by atoms with van der Waals surface area (Å²) in [5.74, 6) is -0.00446.